The van der Waals surface area contributed by atoms with Gasteiger partial charge in [0.2, 0.25) is 0 Å². The summed E-state index contributed by atoms with van der Waals surface area (Å²) < 4.78 is 30.4. The third-order valence-corrected chi connectivity index (χ3v) is 2.60. The zero-order valence-corrected chi connectivity index (χ0v) is 10.6. The van der Waals surface area contributed by atoms with E-state index in [1.165, 1.54) is 6.07 Å². The summed E-state index contributed by atoms with van der Waals surface area (Å²) in [6.07, 6.45) is -3.03. The largest absolute Gasteiger partial charge is 0.466 e. The van der Waals surface area contributed by atoms with Crippen LogP contribution in [0.15, 0.2) is 10.5 Å². The lowest BCUT2D eigenvalue weighted by molar-refractivity contribution is -0.142. The van der Waals surface area contributed by atoms with Crippen molar-refractivity contribution in [2.24, 2.45) is 0 Å². The molecule has 2 N–H and O–H groups in total. The smallest absolute Gasteiger partial charge is 0.310 e. The summed E-state index contributed by atoms with van der Waals surface area (Å²) in [4.78, 5) is 14.8. The van der Waals surface area contributed by atoms with Crippen LogP contribution in [0.25, 0.3) is 0 Å². The molecule has 0 spiro atoms. The van der Waals surface area contributed by atoms with E-state index in [1.54, 1.807) is 6.92 Å². The van der Waals surface area contributed by atoms with Gasteiger partial charge in [-0.25, -0.2) is 13.8 Å². The summed E-state index contributed by atoms with van der Waals surface area (Å²) in [5.74, 6) is -0.610. The Morgan fingerprint density at radius 2 is 2.29 bits per heavy atom. The van der Waals surface area contributed by atoms with Crippen molar-refractivity contribution in [1.82, 2.24) is 4.98 Å². The molecule has 94 valence electrons. The summed E-state index contributed by atoms with van der Waals surface area (Å²) in [6, 6.07) is 1.36. The molecular formula is C10H11BrF2N2O2. The van der Waals surface area contributed by atoms with E-state index in [4.69, 9.17) is 10.5 Å². The summed E-state index contributed by atoms with van der Waals surface area (Å²) in [5.41, 5.74) is 5.03. The summed E-state index contributed by atoms with van der Waals surface area (Å²) in [7, 11) is 0. The number of pyridine rings is 1. The normalized spacial score (nSPS) is 10.6. The van der Waals surface area contributed by atoms with E-state index in [1.807, 2.05) is 0 Å². The molecule has 0 bridgehead atoms. The maximum absolute atomic E-state index is 12.7. The highest BCUT2D eigenvalue weighted by Gasteiger charge is 2.19. The minimum Gasteiger partial charge on any atom is -0.466 e. The molecule has 0 aliphatic heterocycles. The van der Waals surface area contributed by atoms with Crippen molar-refractivity contribution < 1.29 is 18.3 Å². The van der Waals surface area contributed by atoms with Gasteiger partial charge in [0.15, 0.2) is 0 Å². The zero-order valence-electron chi connectivity index (χ0n) is 9.04. The van der Waals surface area contributed by atoms with E-state index in [0.29, 0.717) is 4.47 Å². The lowest BCUT2D eigenvalue weighted by Gasteiger charge is -2.09. The number of carbonyl (C=O) groups excluding carboxylic acids is 1. The van der Waals surface area contributed by atoms with Gasteiger partial charge in [-0.2, -0.15) is 0 Å². The number of aromatic nitrogens is 1. The predicted octanol–water partition coefficient (Wildman–Crippen LogP) is 2.47. The van der Waals surface area contributed by atoms with Crippen LogP contribution in [0.3, 0.4) is 0 Å². The number of rotatable bonds is 4. The average molecular weight is 309 g/mol. The van der Waals surface area contributed by atoms with E-state index < -0.39 is 18.1 Å². The predicted molar refractivity (Wildman–Crippen MR) is 61.6 cm³/mol. The van der Waals surface area contributed by atoms with Gasteiger partial charge >= 0.3 is 5.97 Å². The fraction of sp³-hybridized carbons (Fsp3) is 0.400. The standard InChI is InChI=1S/C10H11BrF2N2O2/c1-2-17-7(16)4-5-3-6(11)10(14)15-8(5)9(12)13/h3,9H,2,4H2,1H3,(H2,14,15). The first-order valence-electron chi connectivity index (χ1n) is 4.84. The van der Waals surface area contributed by atoms with Crippen molar-refractivity contribution in [2.75, 3.05) is 12.3 Å². The number of hydrogen-bond donors (Lipinski definition) is 1. The first kappa shape index (κ1) is 13.8. The molecule has 4 nitrogen and oxygen atoms in total. The van der Waals surface area contributed by atoms with Crippen LogP contribution in [0.1, 0.15) is 24.6 Å². The van der Waals surface area contributed by atoms with Crippen molar-refractivity contribution in [3.63, 3.8) is 0 Å². The number of nitrogens with zero attached hydrogens (tertiary/aromatic N) is 1. The average Bonchev–Trinajstić information content (AvgIpc) is 2.23. The number of hydrogen-bond acceptors (Lipinski definition) is 4. The third-order valence-electron chi connectivity index (χ3n) is 1.96. The highest BCUT2D eigenvalue weighted by molar-refractivity contribution is 9.10. The number of ether oxygens (including phenoxy) is 1. The van der Waals surface area contributed by atoms with E-state index in [-0.39, 0.29) is 24.4 Å². The molecule has 0 aromatic carbocycles. The Balaban J connectivity index is 3.04. The molecule has 1 aromatic rings. The Morgan fingerprint density at radius 3 is 2.82 bits per heavy atom. The third kappa shape index (κ3) is 3.62. The summed E-state index contributed by atoms with van der Waals surface area (Å²) in [6.45, 7) is 1.84. The minimum absolute atomic E-state index is 0.0343. The topological polar surface area (TPSA) is 65.2 Å². The molecule has 0 aliphatic rings. The molecule has 0 amide bonds. The molecule has 1 heterocycles. The minimum atomic E-state index is -2.78. The number of alkyl halides is 2. The van der Waals surface area contributed by atoms with Crippen LogP contribution in [0, 0.1) is 0 Å². The fourth-order valence-electron chi connectivity index (χ4n) is 1.25. The quantitative estimate of drug-likeness (QED) is 0.868. The molecule has 0 unspecified atom stereocenters. The molecule has 0 saturated heterocycles. The lowest BCUT2D eigenvalue weighted by Crippen LogP contribution is -2.11. The molecular weight excluding hydrogens is 298 g/mol. The highest BCUT2D eigenvalue weighted by Crippen LogP contribution is 2.27. The van der Waals surface area contributed by atoms with Crippen LogP contribution in [0.5, 0.6) is 0 Å². The molecule has 0 saturated carbocycles. The molecule has 1 rings (SSSR count). The monoisotopic (exact) mass is 308 g/mol. The van der Waals surface area contributed by atoms with Gasteiger partial charge in [-0.15, -0.1) is 0 Å². The molecule has 0 atom stereocenters. The maximum Gasteiger partial charge on any atom is 0.310 e. The van der Waals surface area contributed by atoms with Crippen LogP contribution in [-0.4, -0.2) is 17.6 Å². The molecule has 1 aromatic heterocycles. The maximum atomic E-state index is 12.7. The second-order valence-corrected chi connectivity index (χ2v) is 4.04. The number of esters is 1. The van der Waals surface area contributed by atoms with Crippen LogP contribution in [0.4, 0.5) is 14.6 Å². The molecule has 0 radical (unpaired) electrons. The van der Waals surface area contributed by atoms with Crippen molar-refractivity contribution in [1.29, 1.82) is 0 Å². The lowest BCUT2D eigenvalue weighted by atomic mass is 10.1. The summed E-state index contributed by atoms with van der Waals surface area (Å²) >= 11 is 3.07. The van der Waals surface area contributed by atoms with E-state index in [2.05, 4.69) is 20.9 Å². The zero-order chi connectivity index (χ0) is 13.0. The van der Waals surface area contributed by atoms with Gasteiger partial charge in [0.1, 0.15) is 11.5 Å². The molecule has 0 aliphatic carbocycles. The van der Waals surface area contributed by atoms with Crippen LogP contribution < -0.4 is 5.73 Å². The van der Waals surface area contributed by atoms with Crippen molar-refractivity contribution >= 4 is 27.7 Å². The Hall–Kier alpha value is -1.24. The van der Waals surface area contributed by atoms with Crippen molar-refractivity contribution in [3.05, 3.63) is 21.8 Å². The number of halogens is 3. The van der Waals surface area contributed by atoms with Gasteiger partial charge in [-0.3, -0.25) is 4.79 Å². The number of anilines is 1. The fourth-order valence-corrected chi connectivity index (χ4v) is 1.62. The number of carbonyl (C=O) groups is 1. The van der Waals surface area contributed by atoms with Crippen LogP contribution in [0.2, 0.25) is 0 Å². The van der Waals surface area contributed by atoms with Gasteiger partial charge < -0.3 is 10.5 Å². The SMILES string of the molecule is CCOC(=O)Cc1cc(Br)c(N)nc1C(F)F. The van der Waals surface area contributed by atoms with Crippen molar-refractivity contribution in [2.45, 2.75) is 19.8 Å². The van der Waals surface area contributed by atoms with Crippen molar-refractivity contribution in [3.8, 4) is 0 Å². The highest BCUT2D eigenvalue weighted by atomic mass is 79.9. The number of nitrogens with two attached hydrogens (primary N) is 1. The Kier molecular flexibility index (Phi) is 4.80. The van der Waals surface area contributed by atoms with E-state index in [9.17, 15) is 13.6 Å². The first-order valence-corrected chi connectivity index (χ1v) is 5.63. The van der Waals surface area contributed by atoms with Gasteiger partial charge in [0.25, 0.3) is 6.43 Å². The first-order chi connectivity index (χ1) is 7.95. The van der Waals surface area contributed by atoms with E-state index >= 15 is 0 Å². The Morgan fingerprint density at radius 1 is 1.65 bits per heavy atom. The van der Waals surface area contributed by atoms with E-state index in [0.717, 1.165) is 0 Å². The molecule has 17 heavy (non-hydrogen) atoms. The van der Waals surface area contributed by atoms with Gasteiger partial charge in [-0.05, 0) is 34.5 Å². The van der Waals surface area contributed by atoms with Crippen LogP contribution >= 0.6 is 15.9 Å². The Labute approximate surface area is 105 Å². The van der Waals surface area contributed by atoms with Gasteiger partial charge in [0, 0.05) is 0 Å². The number of nitrogen functional groups attached to an aromatic ring is 1. The van der Waals surface area contributed by atoms with Gasteiger partial charge in [-0.1, -0.05) is 0 Å². The summed E-state index contributed by atoms with van der Waals surface area (Å²) in [5, 5.41) is 0. The molecule has 0 fully saturated rings. The Bertz CT molecular complexity index is 427. The van der Waals surface area contributed by atoms with Crippen LogP contribution in [-0.2, 0) is 16.0 Å². The van der Waals surface area contributed by atoms with Gasteiger partial charge in [0.05, 0.1) is 17.5 Å². The second kappa shape index (κ2) is 5.90. The molecule has 7 heteroatoms. The second-order valence-electron chi connectivity index (χ2n) is 3.18.